The Morgan fingerprint density at radius 3 is 2.58 bits per heavy atom. The Hall–Kier alpha value is -2.56. The van der Waals surface area contributed by atoms with Crippen molar-refractivity contribution < 1.29 is 9.72 Å². The van der Waals surface area contributed by atoms with E-state index in [1.165, 1.54) is 30.0 Å². The summed E-state index contributed by atoms with van der Waals surface area (Å²) in [6, 6.07) is 12.6. The SMILES string of the molecule is CC(Sc1ccc([N+](=O)[O-])cc1)C(=O)Nc1ccc(Cl)c(C#N)c1. The summed E-state index contributed by atoms with van der Waals surface area (Å²) >= 11 is 7.13. The van der Waals surface area contributed by atoms with Crippen molar-refractivity contribution in [3.8, 4) is 6.07 Å². The van der Waals surface area contributed by atoms with Gasteiger partial charge in [-0.2, -0.15) is 5.26 Å². The van der Waals surface area contributed by atoms with Crippen LogP contribution in [0.2, 0.25) is 5.02 Å². The monoisotopic (exact) mass is 361 g/mol. The van der Waals surface area contributed by atoms with Gasteiger partial charge in [0.05, 0.1) is 20.8 Å². The van der Waals surface area contributed by atoms with E-state index in [4.69, 9.17) is 16.9 Å². The molecule has 2 aromatic carbocycles. The summed E-state index contributed by atoms with van der Waals surface area (Å²) in [6.45, 7) is 1.72. The molecule has 0 radical (unpaired) electrons. The van der Waals surface area contributed by atoms with E-state index in [-0.39, 0.29) is 17.2 Å². The highest BCUT2D eigenvalue weighted by Gasteiger charge is 2.16. The van der Waals surface area contributed by atoms with Crippen LogP contribution in [0.3, 0.4) is 0 Å². The van der Waals surface area contributed by atoms with Crippen molar-refractivity contribution in [2.24, 2.45) is 0 Å². The van der Waals surface area contributed by atoms with Gasteiger partial charge in [-0.3, -0.25) is 14.9 Å². The molecule has 0 bridgehead atoms. The van der Waals surface area contributed by atoms with E-state index < -0.39 is 10.2 Å². The molecule has 1 amide bonds. The van der Waals surface area contributed by atoms with E-state index >= 15 is 0 Å². The predicted molar refractivity (Wildman–Crippen MR) is 93.2 cm³/mol. The molecule has 0 aliphatic carbocycles. The molecule has 24 heavy (non-hydrogen) atoms. The lowest BCUT2D eigenvalue weighted by Gasteiger charge is -2.12. The minimum atomic E-state index is -0.474. The van der Waals surface area contributed by atoms with Gasteiger partial charge in [0.15, 0.2) is 0 Å². The van der Waals surface area contributed by atoms with Crippen LogP contribution in [0.4, 0.5) is 11.4 Å². The van der Waals surface area contributed by atoms with Crippen molar-refractivity contribution in [1.82, 2.24) is 0 Å². The zero-order chi connectivity index (χ0) is 17.7. The fourth-order valence-electron chi connectivity index (χ4n) is 1.84. The van der Waals surface area contributed by atoms with Crippen LogP contribution in [0.5, 0.6) is 0 Å². The molecule has 2 aromatic rings. The molecule has 122 valence electrons. The maximum absolute atomic E-state index is 12.2. The number of halogens is 1. The third-order valence-corrected chi connectivity index (χ3v) is 4.53. The molecule has 1 unspecified atom stereocenters. The van der Waals surface area contributed by atoms with Gasteiger partial charge < -0.3 is 5.32 Å². The lowest BCUT2D eigenvalue weighted by Crippen LogP contribution is -2.22. The number of anilines is 1. The van der Waals surface area contributed by atoms with Gasteiger partial charge in [0.25, 0.3) is 5.69 Å². The van der Waals surface area contributed by atoms with E-state index in [0.29, 0.717) is 10.7 Å². The molecule has 0 saturated heterocycles. The number of carbonyl (C=O) groups is 1. The van der Waals surface area contributed by atoms with Gasteiger partial charge in [-0.05, 0) is 37.3 Å². The van der Waals surface area contributed by atoms with Crippen LogP contribution < -0.4 is 5.32 Å². The van der Waals surface area contributed by atoms with Crippen molar-refractivity contribution in [2.75, 3.05) is 5.32 Å². The van der Waals surface area contributed by atoms with Crippen LogP contribution in [0.1, 0.15) is 12.5 Å². The lowest BCUT2D eigenvalue weighted by molar-refractivity contribution is -0.384. The number of non-ortho nitro benzene ring substituents is 1. The first-order chi connectivity index (χ1) is 11.4. The van der Waals surface area contributed by atoms with E-state index in [9.17, 15) is 14.9 Å². The highest BCUT2D eigenvalue weighted by molar-refractivity contribution is 8.00. The molecular weight excluding hydrogens is 350 g/mol. The molecule has 1 N–H and O–H groups in total. The van der Waals surface area contributed by atoms with Gasteiger partial charge in [0.2, 0.25) is 5.91 Å². The molecule has 0 aliphatic rings. The van der Waals surface area contributed by atoms with Crippen LogP contribution in [0.15, 0.2) is 47.4 Å². The molecule has 0 fully saturated rings. The van der Waals surface area contributed by atoms with E-state index in [1.807, 2.05) is 6.07 Å². The fourth-order valence-corrected chi connectivity index (χ4v) is 2.86. The van der Waals surface area contributed by atoms with Gasteiger partial charge in [-0.25, -0.2) is 0 Å². The highest BCUT2D eigenvalue weighted by Crippen LogP contribution is 2.26. The third-order valence-electron chi connectivity index (χ3n) is 3.08. The summed E-state index contributed by atoms with van der Waals surface area (Å²) in [6.07, 6.45) is 0. The summed E-state index contributed by atoms with van der Waals surface area (Å²) in [4.78, 5) is 23.1. The van der Waals surface area contributed by atoms with Crippen LogP contribution in [0.25, 0.3) is 0 Å². The minimum absolute atomic E-state index is 0.00153. The molecule has 2 rings (SSSR count). The molecule has 0 spiro atoms. The Bertz CT molecular complexity index is 818. The van der Waals surface area contributed by atoms with Crippen LogP contribution in [0, 0.1) is 21.4 Å². The zero-order valence-corrected chi connectivity index (χ0v) is 14.1. The first kappa shape index (κ1) is 17.8. The molecule has 0 aromatic heterocycles. The highest BCUT2D eigenvalue weighted by atomic mass is 35.5. The average Bonchev–Trinajstić information content (AvgIpc) is 2.57. The lowest BCUT2D eigenvalue weighted by atomic mass is 10.2. The number of nitrogens with zero attached hydrogens (tertiary/aromatic N) is 2. The Labute approximate surface area is 147 Å². The summed E-state index contributed by atoms with van der Waals surface area (Å²) in [5.74, 6) is -0.246. The second-order valence-electron chi connectivity index (χ2n) is 4.81. The summed E-state index contributed by atoms with van der Waals surface area (Å²) in [5.41, 5.74) is 0.767. The maximum Gasteiger partial charge on any atom is 0.269 e. The molecule has 0 heterocycles. The van der Waals surface area contributed by atoms with Gasteiger partial charge in [0.1, 0.15) is 6.07 Å². The second kappa shape index (κ2) is 7.81. The number of hydrogen-bond acceptors (Lipinski definition) is 5. The van der Waals surface area contributed by atoms with Crippen molar-refractivity contribution in [1.29, 1.82) is 5.26 Å². The molecular formula is C16H12ClN3O3S. The fraction of sp³-hybridized carbons (Fsp3) is 0.125. The third kappa shape index (κ3) is 4.47. The van der Waals surface area contributed by atoms with Gasteiger partial charge in [-0.1, -0.05) is 11.6 Å². The quantitative estimate of drug-likeness (QED) is 0.488. The number of rotatable bonds is 5. The number of thioether (sulfide) groups is 1. The smallest absolute Gasteiger partial charge is 0.269 e. The normalized spacial score (nSPS) is 11.4. The van der Waals surface area contributed by atoms with Crippen LogP contribution >= 0.6 is 23.4 Å². The van der Waals surface area contributed by atoms with Crippen LogP contribution in [-0.2, 0) is 4.79 Å². The standard InChI is InChI=1S/C16H12ClN3O3S/c1-10(24-14-5-3-13(4-6-14)20(22)23)16(21)19-12-2-7-15(17)11(8-12)9-18/h2-8,10H,1H3,(H,19,21). The minimum Gasteiger partial charge on any atom is -0.325 e. The predicted octanol–water partition coefficient (Wildman–Crippen LogP) is 4.24. The first-order valence-electron chi connectivity index (χ1n) is 6.82. The number of nitro groups is 1. The maximum atomic E-state index is 12.2. The Balaban J connectivity index is 2.02. The van der Waals surface area contributed by atoms with Gasteiger partial charge >= 0.3 is 0 Å². The molecule has 8 heteroatoms. The average molecular weight is 362 g/mol. The van der Waals surface area contributed by atoms with E-state index in [0.717, 1.165) is 4.90 Å². The zero-order valence-electron chi connectivity index (χ0n) is 12.5. The number of benzene rings is 2. The van der Waals surface area contributed by atoms with E-state index in [1.54, 1.807) is 31.2 Å². The van der Waals surface area contributed by atoms with Crippen molar-refractivity contribution in [2.45, 2.75) is 17.1 Å². The number of amides is 1. The first-order valence-corrected chi connectivity index (χ1v) is 8.08. The van der Waals surface area contributed by atoms with Crippen molar-refractivity contribution in [3.05, 3.63) is 63.2 Å². The molecule has 1 atom stereocenters. The summed E-state index contributed by atoms with van der Waals surface area (Å²) in [7, 11) is 0. The van der Waals surface area contributed by atoms with Gasteiger partial charge in [0, 0.05) is 22.7 Å². The van der Waals surface area contributed by atoms with Gasteiger partial charge in [-0.15, -0.1) is 11.8 Å². The number of nitriles is 1. The molecule has 6 nitrogen and oxygen atoms in total. The number of nitro benzene ring substituents is 1. The van der Waals surface area contributed by atoms with Crippen molar-refractivity contribution >= 4 is 40.6 Å². The Morgan fingerprint density at radius 1 is 1.33 bits per heavy atom. The molecule has 0 aliphatic heterocycles. The largest absolute Gasteiger partial charge is 0.325 e. The Morgan fingerprint density at radius 2 is 2.00 bits per heavy atom. The number of carbonyl (C=O) groups excluding carboxylic acids is 1. The number of nitrogens with one attached hydrogen (secondary N) is 1. The van der Waals surface area contributed by atoms with Crippen LogP contribution in [-0.4, -0.2) is 16.1 Å². The van der Waals surface area contributed by atoms with E-state index in [2.05, 4.69) is 5.32 Å². The summed E-state index contributed by atoms with van der Waals surface area (Å²) in [5, 5.41) is 22.2. The van der Waals surface area contributed by atoms with Crippen molar-refractivity contribution in [3.63, 3.8) is 0 Å². The molecule has 0 saturated carbocycles. The second-order valence-corrected chi connectivity index (χ2v) is 6.63. The summed E-state index contributed by atoms with van der Waals surface area (Å²) < 4.78 is 0. The number of hydrogen-bond donors (Lipinski definition) is 1. The topological polar surface area (TPSA) is 96.0 Å². The Kier molecular flexibility index (Phi) is 5.79.